The summed E-state index contributed by atoms with van der Waals surface area (Å²) in [5, 5.41) is 13.3. The van der Waals surface area contributed by atoms with Gasteiger partial charge in [-0.3, -0.25) is 0 Å². The first-order valence-corrected chi connectivity index (χ1v) is 5.95. The topological polar surface area (TPSA) is 85.2 Å². The lowest BCUT2D eigenvalue weighted by molar-refractivity contribution is 0.146. The van der Waals surface area contributed by atoms with Gasteiger partial charge in [-0.15, -0.1) is 0 Å². The molecule has 90 valence electrons. The van der Waals surface area contributed by atoms with Gasteiger partial charge in [0, 0.05) is 5.92 Å². The molecule has 1 aliphatic carbocycles. The van der Waals surface area contributed by atoms with Crippen LogP contribution in [-0.4, -0.2) is 21.4 Å². The maximum Gasteiger partial charge on any atom is 0.246 e. The zero-order chi connectivity index (χ0) is 11.5. The van der Waals surface area contributed by atoms with Gasteiger partial charge in [0.25, 0.3) is 0 Å². The molecule has 0 amide bonds. The zero-order valence-corrected chi connectivity index (χ0v) is 9.59. The molecule has 0 aliphatic heterocycles. The maximum absolute atomic E-state index is 9.34. The van der Waals surface area contributed by atoms with E-state index in [2.05, 4.69) is 10.1 Å². The Kier molecular flexibility index (Phi) is 3.56. The normalized spacial score (nSPS) is 21.9. The van der Waals surface area contributed by atoms with E-state index in [-0.39, 0.29) is 0 Å². The largest absolute Gasteiger partial charge is 0.391 e. The van der Waals surface area contributed by atoms with Gasteiger partial charge in [0.05, 0.1) is 6.10 Å². The lowest BCUT2D eigenvalue weighted by Crippen LogP contribution is -2.23. The van der Waals surface area contributed by atoms with E-state index in [1.165, 1.54) is 19.3 Å². The smallest absolute Gasteiger partial charge is 0.246 e. The molecule has 1 aromatic rings. The minimum absolute atomic E-state index is 0.343. The molecule has 1 aliphatic rings. The fraction of sp³-hybridized carbons (Fsp3) is 0.818. The van der Waals surface area contributed by atoms with Crippen LogP contribution in [0.3, 0.4) is 0 Å². The number of aromatic nitrogens is 2. The molecule has 0 radical (unpaired) electrons. The van der Waals surface area contributed by atoms with E-state index < -0.39 is 12.1 Å². The molecule has 2 unspecified atom stereocenters. The van der Waals surface area contributed by atoms with Crippen LogP contribution in [0, 0.1) is 0 Å². The first-order chi connectivity index (χ1) is 7.68. The van der Waals surface area contributed by atoms with Crippen LogP contribution < -0.4 is 5.73 Å². The van der Waals surface area contributed by atoms with Crippen molar-refractivity contribution in [3.05, 3.63) is 11.7 Å². The zero-order valence-electron chi connectivity index (χ0n) is 9.59. The van der Waals surface area contributed by atoms with E-state index in [1.54, 1.807) is 6.92 Å². The highest BCUT2D eigenvalue weighted by Gasteiger charge is 2.24. The Labute approximate surface area is 95.0 Å². The van der Waals surface area contributed by atoms with Crippen LogP contribution in [0.15, 0.2) is 4.52 Å². The average Bonchev–Trinajstić information content (AvgIpc) is 2.78. The standard InChI is InChI=1S/C11H19N3O2/c1-7(15)9(12)11-13-10(14-16-11)8-5-3-2-4-6-8/h7-9,15H,2-6,12H2,1H3. The molecule has 16 heavy (non-hydrogen) atoms. The second-order valence-electron chi connectivity index (χ2n) is 4.59. The van der Waals surface area contributed by atoms with Crippen LogP contribution >= 0.6 is 0 Å². The Morgan fingerprint density at radius 2 is 2.06 bits per heavy atom. The van der Waals surface area contributed by atoms with Crippen LogP contribution in [0.25, 0.3) is 0 Å². The number of aliphatic hydroxyl groups is 1. The number of nitrogens with two attached hydrogens (primary N) is 1. The van der Waals surface area contributed by atoms with Gasteiger partial charge in [0.2, 0.25) is 5.89 Å². The van der Waals surface area contributed by atoms with Crippen LogP contribution in [-0.2, 0) is 0 Å². The first-order valence-electron chi connectivity index (χ1n) is 5.95. The number of aliphatic hydroxyl groups excluding tert-OH is 1. The average molecular weight is 225 g/mol. The number of hydrogen-bond acceptors (Lipinski definition) is 5. The third-order valence-corrected chi connectivity index (χ3v) is 3.23. The second kappa shape index (κ2) is 4.93. The summed E-state index contributed by atoms with van der Waals surface area (Å²) in [5.74, 6) is 1.51. The van der Waals surface area contributed by atoms with E-state index in [1.807, 2.05) is 0 Å². The molecule has 1 fully saturated rings. The van der Waals surface area contributed by atoms with Crippen LogP contribution in [0.5, 0.6) is 0 Å². The first kappa shape index (κ1) is 11.5. The van der Waals surface area contributed by atoms with Gasteiger partial charge >= 0.3 is 0 Å². The minimum atomic E-state index is -0.667. The molecule has 0 bridgehead atoms. The maximum atomic E-state index is 9.34. The highest BCUT2D eigenvalue weighted by atomic mass is 16.5. The molecule has 1 saturated carbocycles. The van der Waals surface area contributed by atoms with Crippen molar-refractivity contribution in [2.75, 3.05) is 0 Å². The van der Waals surface area contributed by atoms with Gasteiger partial charge in [-0.2, -0.15) is 4.98 Å². The predicted octanol–water partition coefficient (Wildman–Crippen LogP) is 1.50. The molecule has 0 aromatic carbocycles. The van der Waals surface area contributed by atoms with Gasteiger partial charge in [0.1, 0.15) is 6.04 Å². The molecule has 5 nitrogen and oxygen atoms in total. The summed E-state index contributed by atoms with van der Waals surface area (Å²) in [7, 11) is 0. The third kappa shape index (κ3) is 2.41. The van der Waals surface area contributed by atoms with Crippen LogP contribution in [0.2, 0.25) is 0 Å². The van der Waals surface area contributed by atoms with Crippen LogP contribution in [0.4, 0.5) is 0 Å². The van der Waals surface area contributed by atoms with Gasteiger partial charge in [-0.05, 0) is 19.8 Å². The molecule has 0 spiro atoms. The Bertz CT molecular complexity index is 332. The fourth-order valence-corrected chi connectivity index (χ4v) is 2.12. The van der Waals surface area contributed by atoms with Crippen molar-refractivity contribution in [3.63, 3.8) is 0 Å². The predicted molar refractivity (Wildman–Crippen MR) is 58.7 cm³/mol. The summed E-state index contributed by atoms with van der Waals surface area (Å²) >= 11 is 0. The van der Waals surface area contributed by atoms with Crippen molar-refractivity contribution in [2.45, 2.75) is 57.1 Å². The molecule has 5 heteroatoms. The number of rotatable bonds is 3. The van der Waals surface area contributed by atoms with E-state index in [4.69, 9.17) is 10.3 Å². The fourth-order valence-electron chi connectivity index (χ4n) is 2.12. The van der Waals surface area contributed by atoms with Crippen molar-refractivity contribution in [1.82, 2.24) is 10.1 Å². The van der Waals surface area contributed by atoms with Crippen molar-refractivity contribution < 1.29 is 9.63 Å². The third-order valence-electron chi connectivity index (χ3n) is 3.23. The summed E-state index contributed by atoms with van der Waals surface area (Å²) in [6.07, 6.45) is 5.36. The number of hydrogen-bond donors (Lipinski definition) is 2. The molecular formula is C11H19N3O2. The second-order valence-corrected chi connectivity index (χ2v) is 4.59. The summed E-state index contributed by atoms with van der Waals surface area (Å²) in [4.78, 5) is 4.29. The molecule has 2 atom stereocenters. The Morgan fingerprint density at radius 3 is 2.69 bits per heavy atom. The molecule has 1 aromatic heterocycles. The van der Waals surface area contributed by atoms with Gasteiger partial charge in [-0.1, -0.05) is 24.4 Å². The summed E-state index contributed by atoms with van der Waals surface area (Å²) in [6.45, 7) is 1.62. The van der Waals surface area contributed by atoms with Gasteiger partial charge in [-0.25, -0.2) is 0 Å². The van der Waals surface area contributed by atoms with Gasteiger partial charge < -0.3 is 15.4 Å². The number of nitrogens with zero attached hydrogens (tertiary/aromatic N) is 2. The summed E-state index contributed by atoms with van der Waals surface area (Å²) in [6, 6.07) is -0.579. The Balaban J connectivity index is 2.06. The molecule has 1 heterocycles. The highest BCUT2D eigenvalue weighted by molar-refractivity contribution is 5.00. The Hall–Kier alpha value is -0.940. The monoisotopic (exact) mass is 225 g/mol. The minimum Gasteiger partial charge on any atom is -0.391 e. The highest BCUT2D eigenvalue weighted by Crippen LogP contribution is 2.31. The molecule has 0 saturated heterocycles. The Morgan fingerprint density at radius 1 is 1.38 bits per heavy atom. The van der Waals surface area contributed by atoms with E-state index in [9.17, 15) is 5.11 Å². The summed E-state index contributed by atoms with van der Waals surface area (Å²) < 4.78 is 5.09. The lowest BCUT2D eigenvalue weighted by Gasteiger charge is -2.17. The lowest BCUT2D eigenvalue weighted by atomic mass is 9.89. The quantitative estimate of drug-likeness (QED) is 0.814. The van der Waals surface area contributed by atoms with E-state index in [0.29, 0.717) is 11.8 Å². The van der Waals surface area contributed by atoms with Crippen molar-refractivity contribution >= 4 is 0 Å². The van der Waals surface area contributed by atoms with Crippen LogP contribution in [0.1, 0.15) is 62.7 Å². The van der Waals surface area contributed by atoms with E-state index in [0.717, 1.165) is 18.7 Å². The molecule has 2 rings (SSSR count). The molecular weight excluding hydrogens is 206 g/mol. The molecule has 3 N–H and O–H groups in total. The SMILES string of the molecule is CC(O)C(N)c1nc(C2CCCCC2)no1. The summed E-state index contributed by atoms with van der Waals surface area (Å²) in [5.41, 5.74) is 5.73. The van der Waals surface area contributed by atoms with Gasteiger partial charge in [0.15, 0.2) is 5.82 Å². The van der Waals surface area contributed by atoms with Crippen molar-refractivity contribution in [3.8, 4) is 0 Å². The van der Waals surface area contributed by atoms with Crippen molar-refractivity contribution in [2.24, 2.45) is 5.73 Å². The van der Waals surface area contributed by atoms with E-state index >= 15 is 0 Å². The van der Waals surface area contributed by atoms with Crippen molar-refractivity contribution in [1.29, 1.82) is 0 Å².